The van der Waals surface area contributed by atoms with Crippen LogP contribution < -0.4 is 26.1 Å². The number of aryl methyl sites for hydroxylation is 2. The van der Waals surface area contributed by atoms with Crippen LogP contribution in [0.15, 0.2) is 47.4 Å². The van der Waals surface area contributed by atoms with Crippen molar-refractivity contribution in [2.75, 3.05) is 12.4 Å². The largest absolute Gasteiger partial charge is 2.00 e. The molecule has 5 heterocycles. The summed E-state index contributed by atoms with van der Waals surface area (Å²) in [5.41, 5.74) is 9.73. The molecule has 5 N–H and O–H groups in total. The second kappa shape index (κ2) is 18.5. The number of carboxylic acids is 1. The van der Waals surface area contributed by atoms with Gasteiger partial charge in [-0.25, -0.2) is 10.2 Å². The zero-order valence-electron chi connectivity index (χ0n) is 34.4. The fraction of sp³-hybridized carbons (Fsp3) is 0.357. The maximum atomic E-state index is 14.3. The average Bonchev–Trinajstić information content (AvgIpc) is 3.87. The summed E-state index contributed by atoms with van der Waals surface area (Å²) in [6.45, 7) is 10.9. The minimum absolute atomic E-state index is 0. The van der Waals surface area contributed by atoms with Crippen LogP contribution in [0.1, 0.15) is 131 Å². The summed E-state index contributed by atoms with van der Waals surface area (Å²) >= 11 is 0. The molecule has 19 heteroatoms. The van der Waals surface area contributed by atoms with Gasteiger partial charge in [0.25, 0.3) is 16.0 Å². The molecule has 324 valence electrons. The van der Waals surface area contributed by atoms with Crippen LogP contribution in [0, 0.1) is 13.8 Å². The van der Waals surface area contributed by atoms with E-state index in [4.69, 9.17) is 24.7 Å². The van der Waals surface area contributed by atoms with Gasteiger partial charge in [0, 0.05) is 69.7 Å². The number of hydrazine groups is 1. The quantitative estimate of drug-likeness (QED) is 0.0410. The van der Waals surface area contributed by atoms with Gasteiger partial charge in [-0.3, -0.25) is 39.1 Å². The summed E-state index contributed by atoms with van der Waals surface area (Å²) in [5, 5.41) is 12.2. The second-order valence-electron chi connectivity index (χ2n) is 15.0. The summed E-state index contributed by atoms with van der Waals surface area (Å²) in [6.07, 6.45) is 0.134. The van der Waals surface area contributed by atoms with Gasteiger partial charge in [-0.05, 0) is 57.4 Å². The molecule has 3 amide bonds. The van der Waals surface area contributed by atoms with E-state index in [1.54, 1.807) is 26.0 Å². The fourth-order valence-corrected chi connectivity index (χ4v) is 8.56. The number of methoxy groups -OCH3 is 1. The first-order valence-corrected chi connectivity index (χ1v) is 20.7. The number of esters is 1. The summed E-state index contributed by atoms with van der Waals surface area (Å²) in [4.78, 5) is 85.0. The van der Waals surface area contributed by atoms with E-state index in [1.807, 2.05) is 26.8 Å². The number of hydrogen-bond acceptors (Lipinski definition) is 10. The van der Waals surface area contributed by atoms with Crippen molar-refractivity contribution in [1.29, 1.82) is 0 Å². The van der Waals surface area contributed by atoms with Gasteiger partial charge in [0.05, 0.1) is 18.4 Å². The van der Waals surface area contributed by atoms with Gasteiger partial charge in [0.1, 0.15) is 0 Å². The van der Waals surface area contributed by atoms with Crippen molar-refractivity contribution in [2.24, 2.45) is 0 Å². The van der Waals surface area contributed by atoms with Crippen LogP contribution in [0.25, 0.3) is 22.1 Å². The molecule has 6 rings (SSSR count). The van der Waals surface area contributed by atoms with Gasteiger partial charge < -0.3 is 25.1 Å². The zero-order valence-corrected chi connectivity index (χ0v) is 36.7. The molecule has 2 aliphatic rings. The number of rotatable bonds is 10. The van der Waals surface area contributed by atoms with Gasteiger partial charge in [0.15, 0.2) is 5.78 Å². The molecule has 0 aliphatic carbocycles. The topological polar surface area (TPSA) is 259 Å². The number of ketones is 1. The molecule has 61 heavy (non-hydrogen) atoms. The number of nitrogens with one attached hydrogen (secondary N) is 3. The molecule has 0 radical (unpaired) electrons. The molecule has 1 aromatic carbocycles. The van der Waals surface area contributed by atoms with Crippen molar-refractivity contribution in [1.82, 2.24) is 30.8 Å². The van der Waals surface area contributed by atoms with E-state index in [9.17, 15) is 42.0 Å². The smallest absolute Gasteiger partial charge is 0.657 e. The number of aliphatic carboxylic acids is 1. The number of carbonyl (C=O) groups is 5. The van der Waals surface area contributed by atoms with Crippen LogP contribution in [0.3, 0.4) is 0 Å². The van der Waals surface area contributed by atoms with E-state index in [0.717, 1.165) is 12.1 Å². The molecular weight excluding hydrogens is 901 g/mol. The maximum Gasteiger partial charge on any atom is 2.00 e. The third-order valence-corrected chi connectivity index (χ3v) is 12.1. The molecule has 2 unspecified atom stereocenters. The molecule has 0 saturated carbocycles. The monoisotopic (exact) mass is 945 g/mol. The van der Waals surface area contributed by atoms with Crippen molar-refractivity contribution in [3.63, 3.8) is 0 Å². The third kappa shape index (κ3) is 9.60. The average molecular weight is 946 g/mol. The normalized spacial score (nSPS) is 17.2. The Kier molecular flexibility index (Phi) is 14.0. The van der Waals surface area contributed by atoms with E-state index in [0.29, 0.717) is 62.4 Å². The van der Waals surface area contributed by atoms with Crippen molar-refractivity contribution >= 4 is 67.5 Å². The second-order valence-corrected chi connectivity index (χ2v) is 16.4. The molecule has 17 nitrogen and oxygen atoms in total. The molecule has 0 saturated heterocycles. The Morgan fingerprint density at radius 3 is 2.11 bits per heavy atom. The predicted molar refractivity (Wildman–Crippen MR) is 219 cm³/mol. The third-order valence-electron chi connectivity index (χ3n) is 11.2. The van der Waals surface area contributed by atoms with Crippen molar-refractivity contribution in [2.45, 2.75) is 95.8 Å². The SMILES string of the molecule is CCC1c2cc3[n-]c(c(CC(=O)OC)c4nc(cc5[n-]c(cc(n2)[C@@H]1C)c(C(C)=O)c5C)[C@@H](C)C4CCC(=O)O)c(C(=O)NNC(=O)Nc1cccc(S(=O)(=O)O)c1)c3C.[Pd+2]. The summed E-state index contributed by atoms with van der Waals surface area (Å²) in [7, 11) is -3.36. The molecule has 4 atom stereocenters. The summed E-state index contributed by atoms with van der Waals surface area (Å²) in [6, 6.07) is 9.21. The summed E-state index contributed by atoms with van der Waals surface area (Å²) < 4.78 is 37.8. The number of aromatic nitrogens is 4. The number of fused-ring (bicyclic) bond motifs is 8. The number of urea groups is 1. The van der Waals surface area contributed by atoms with E-state index >= 15 is 0 Å². The first-order valence-electron chi connectivity index (χ1n) is 19.2. The van der Waals surface area contributed by atoms with Gasteiger partial charge in [-0.15, -0.1) is 22.1 Å². The molecular formula is C42H45N7O10PdS. The molecule has 0 spiro atoms. The van der Waals surface area contributed by atoms with Gasteiger partial charge in [-0.1, -0.05) is 56.2 Å². The number of anilines is 1. The number of nitrogens with zero attached hydrogens (tertiary/aromatic N) is 4. The zero-order chi connectivity index (χ0) is 43.8. The Labute approximate surface area is 365 Å². The number of Topliss-reactive ketones (excluding diaryl/α,β-unsaturated/α-hetero) is 1. The number of ether oxygens (including phenoxy) is 1. The minimum Gasteiger partial charge on any atom is -0.657 e. The van der Waals surface area contributed by atoms with Crippen molar-refractivity contribution < 1.29 is 67.2 Å². The maximum absolute atomic E-state index is 14.3. The molecule has 4 aromatic rings. The molecule has 0 fully saturated rings. The van der Waals surface area contributed by atoms with Crippen LogP contribution in [-0.2, 0) is 51.3 Å². The van der Waals surface area contributed by atoms with E-state index in [-0.39, 0.29) is 73.2 Å². The van der Waals surface area contributed by atoms with Crippen molar-refractivity contribution in [3.8, 4) is 0 Å². The minimum atomic E-state index is -4.57. The Morgan fingerprint density at radius 1 is 0.852 bits per heavy atom. The van der Waals surface area contributed by atoms with Crippen LogP contribution in [-0.4, -0.2) is 64.8 Å². The van der Waals surface area contributed by atoms with Gasteiger partial charge in [-0.2, -0.15) is 8.42 Å². The standard InChI is InChI=1S/C42H47N7O10S.Pd/c1-8-26-19(2)29-18-34-37(23(6)50)21(4)31(45-34)16-30-20(3)27(12-13-35(51)52)39(46-30)28(15-36(53)59-7)40-38(22(5)32(47-40)17-33(26)44-29)41(54)48-49-42(55)43-24-10-9-11-25(14-24)60(56,57)58;/h9-11,14,16-20,26-27H,8,12-13,15H2,1-7H3,(H7,43,44,45,46,47,48,49,50,51,52,54,55,56,57,58);/q;+2/p-2/t19-,20+,26?,27?;/m1./s1. The van der Waals surface area contributed by atoms with E-state index in [1.165, 1.54) is 26.2 Å². The van der Waals surface area contributed by atoms with Gasteiger partial charge >= 0.3 is 38.4 Å². The number of amides is 3. The number of carboxylic acid groups (broad SMARTS) is 1. The Morgan fingerprint density at radius 2 is 1.48 bits per heavy atom. The van der Waals surface area contributed by atoms with Crippen LogP contribution in [0.5, 0.6) is 0 Å². The van der Waals surface area contributed by atoms with Crippen LogP contribution in [0.2, 0.25) is 0 Å². The Hall–Kier alpha value is -5.74. The predicted octanol–water partition coefficient (Wildman–Crippen LogP) is 5.87. The number of hydrogen-bond donors (Lipinski definition) is 5. The van der Waals surface area contributed by atoms with Crippen LogP contribution in [0.4, 0.5) is 10.5 Å². The first kappa shape index (κ1) is 46.3. The molecule has 3 aromatic heterocycles. The fourth-order valence-electron chi connectivity index (χ4n) is 8.04. The number of carbonyl (C=O) groups excluding carboxylic acids is 4. The molecule has 8 bridgehead atoms. The van der Waals surface area contributed by atoms with Crippen molar-refractivity contribution in [3.05, 3.63) is 93.1 Å². The summed E-state index contributed by atoms with van der Waals surface area (Å²) in [5.74, 6) is -3.93. The Bertz CT molecular complexity index is 2730. The van der Waals surface area contributed by atoms with Gasteiger partial charge in [0.2, 0.25) is 0 Å². The molecule has 2 aliphatic heterocycles. The van der Waals surface area contributed by atoms with E-state index < -0.39 is 57.1 Å². The Balaban J connectivity index is 0.00000704. The van der Waals surface area contributed by atoms with Crippen LogP contribution >= 0.6 is 0 Å². The first-order chi connectivity index (χ1) is 28.3. The van der Waals surface area contributed by atoms with E-state index in [2.05, 4.69) is 16.2 Å². The number of benzene rings is 1.